The molecule has 2 heterocycles. The van der Waals surface area contributed by atoms with Gasteiger partial charge in [-0.3, -0.25) is 9.53 Å². The van der Waals surface area contributed by atoms with Crippen molar-refractivity contribution < 1.29 is 64.6 Å². The van der Waals surface area contributed by atoms with Crippen LogP contribution in [0.1, 0.15) is 71.1 Å². The van der Waals surface area contributed by atoms with E-state index in [1.165, 1.54) is 19.3 Å². The van der Waals surface area contributed by atoms with Crippen molar-refractivity contribution in [1.82, 2.24) is 0 Å². The summed E-state index contributed by atoms with van der Waals surface area (Å²) in [5.74, 6) is -6.56. The van der Waals surface area contributed by atoms with E-state index in [9.17, 15) is 45.6 Å². The SMILES string of the molecule is CCCCC/C=C/C/C=C/C/C=C/C/C=C/CCCC(=O)O[C@@]1(OC2(CO)O[C@H](CO)[C@@H](O)[C@@H]2O)O[C@H](CO)[C@@H](O)[C@H](O)[C@H]1O. The molecule has 1 unspecified atom stereocenters. The summed E-state index contributed by atoms with van der Waals surface area (Å²) in [6.07, 6.45) is 11.5. The Morgan fingerprint density at radius 1 is 0.689 bits per heavy atom. The average molecular weight is 645 g/mol. The van der Waals surface area contributed by atoms with Crippen LogP contribution in [-0.4, -0.2) is 121 Å². The summed E-state index contributed by atoms with van der Waals surface area (Å²) in [7, 11) is 0. The number of aliphatic hydroxyl groups is 8. The monoisotopic (exact) mass is 644 g/mol. The third kappa shape index (κ3) is 11.3. The van der Waals surface area contributed by atoms with Gasteiger partial charge in [0.2, 0.25) is 5.79 Å². The molecular weight excluding hydrogens is 592 g/mol. The van der Waals surface area contributed by atoms with E-state index in [-0.39, 0.29) is 6.42 Å². The van der Waals surface area contributed by atoms with Crippen molar-refractivity contribution in [3.8, 4) is 0 Å². The maximum Gasteiger partial charge on any atom is 0.362 e. The zero-order valence-electron chi connectivity index (χ0n) is 26.0. The molecule has 9 atom stereocenters. The van der Waals surface area contributed by atoms with Crippen LogP contribution in [0.15, 0.2) is 48.6 Å². The Morgan fingerprint density at radius 2 is 1.22 bits per heavy atom. The van der Waals surface area contributed by atoms with Crippen LogP contribution in [0.2, 0.25) is 0 Å². The zero-order chi connectivity index (χ0) is 33.3. The number of esters is 1. The molecular formula is C32H52O13. The topological polar surface area (TPSA) is 216 Å². The van der Waals surface area contributed by atoms with E-state index in [4.69, 9.17) is 18.9 Å². The highest BCUT2D eigenvalue weighted by atomic mass is 16.9. The molecule has 2 aliphatic heterocycles. The highest BCUT2D eigenvalue weighted by Crippen LogP contribution is 2.41. The largest absolute Gasteiger partial charge is 0.405 e. The van der Waals surface area contributed by atoms with Crippen LogP contribution in [0.4, 0.5) is 0 Å². The number of carbonyl (C=O) groups is 1. The van der Waals surface area contributed by atoms with Crippen LogP contribution >= 0.6 is 0 Å². The molecule has 2 saturated heterocycles. The van der Waals surface area contributed by atoms with Crippen molar-refractivity contribution in [2.75, 3.05) is 19.8 Å². The highest BCUT2D eigenvalue weighted by Gasteiger charge is 2.65. The molecule has 0 aromatic rings. The Hall–Kier alpha value is -2.01. The van der Waals surface area contributed by atoms with Gasteiger partial charge < -0.3 is 55.1 Å². The van der Waals surface area contributed by atoms with E-state index < -0.39 is 80.3 Å². The first kappa shape index (κ1) is 39.2. The van der Waals surface area contributed by atoms with Gasteiger partial charge in [0.15, 0.2) is 6.10 Å². The Kier molecular flexibility index (Phi) is 17.6. The van der Waals surface area contributed by atoms with Crippen LogP contribution in [0.5, 0.6) is 0 Å². The summed E-state index contributed by atoms with van der Waals surface area (Å²) >= 11 is 0. The van der Waals surface area contributed by atoms with Crippen LogP contribution in [0, 0.1) is 0 Å². The van der Waals surface area contributed by atoms with Crippen LogP contribution < -0.4 is 0 Å². The van der Waals surface area contributed by atoms with Gasteiger partial charge in [-0.05, 0) is 44.9 Å². The molecule has 0 spiro atoms. The molecule has 0 aromatic heterocycles. The zero-order valence-corrected chi connectivity index (χ0v) is 26.0. The van der Waals surface area contributed by atoms with Crippen LogP contribution in [-0.2, 0) is 23.7 Å². The van der Waals surface area contributed by atoms with Crippen molar-refractivity contribution in [2.45, 2.75) is 126 Å². The van der Waals surface area contributed by atoms with E-state index in [1.54, 1.807) is 0 Å². The number of allylic oxidation sites excluding steroid dienone is 8. The number of hydrogen-bond acceptors (Lipinski definition) is 13. The van der Waals surface area contributed by atoms with Gasteiger partial charge in [0.25, 0.3) is 0 Å². The minimum Gasteiger partial charge on any atom is -0.405 e. The molecule has 2 rings (SSSR count). The maximum absolute atomic E-state index is 12.8. The van der Waals surface area contributed by atoms with Crippen molar-refractivity contribution >= 4 is 5.97 Å². The van der Waals surface area contributed by atoms with Crippen molar-refractivity contribution in [2.24, 2.45) is 0 Å². The Morgan fingerprint density at radius 3 is 1.73 bits per heavy atom. The third-order valence-electron chi connectivity index (χ3n) is 7.60. The molecule has 8 N–H and O–H groups in total. The summed E-state index contributed by atoms with van der Waals surface area (Å²) in [5.41, 5.74) is 0. The lowest BCUT2D eigenvalue weighted by Crippen LogP contribution is -2.70. The van der Waals surface area contributed by atoms with Crippen LogP contribution in [0.3, 0.4) is 0 Å². The number of carbonyl (C=O) groups excluding carboxylic acids is 1. The fourth-order valence-corrected chi connectivity index (χ4v) is 4.93. The molecule has 0 bridgehead atoms. The number of rotatable bonds is 20. The highest BCUT2D eigenvalue weighted by molar-refractivity contribution is 5.69. The van der Waals surface area contributed by atoms with Gasteiger partial charge in [0.05, 0.1) is 13.2 Å². The summed E-state index contributed by atoms with van der Waals surface area (Å²) in [4.78, 5) is 12.8. The second kappa shape index (κ2) is 20.3. The Balaban J connectivity index is 1.90. The van der Waals surface area contributed by atoms with E-state index in [0.717, 1.165) is 19.3 Å². The van der Waals surface area contributed by atoms with E-state index in [0.29, 0.717) is 19.3 Å². The molecule has 0 amide bonds. The fraction of sp³-hybridized carbons (Fsp3) is 0.719. The smallest absolute Gasteiger partial charge is 0.362 e. The lowest BCUT2D eigenvalue weighted by Gasteiger charge is -2.49. The molecule has 0 radical (unpaired) electrons. The van der Waals surface area contributed by atoms with Crippen molar-refractivity contribution in [3.63, 3.8) is 0 Å². The number of unbranched alkanes of at least 4 members (excludes halogenated alkanes) is 4. The van der Waals surface area contributed by atoms with Gasteiger partial charge in [0, 0.05) is 6.42 Å². The van der Waals surface area contributed by atoms with E-state index in [1.807, 2.05) is 18.2 Å². The summed E-state index contributed by atoms with van der Waals surface area (Å²) in [5, 5.41) is 81.3. The number of ether oxygens (including phenoxy) is 4. The normalized spacial score (nSPS) is 34.2. The third-order valence-corrected chi connectivity index (χ3v) is 7.60. The number of aliphatic hydroxyl groups excluding tert-OH is 8. The molecule has 2 fully saturated rings. The van der Waals surface area contributed by atoms with Gasteiger partial charge >= 0.3 is 11.9 Å². The van der Waals surface area contributed by atoms with Crippen molar-refractivity contribution in [3.05, 3.63) is 48.6 Å². The molecule has 0 aliphatic carbocycles. The molecule has 258 valence electrons. The predicted molar refractivity (Wildman–Crippen MR) is 162 cm³/mol. The first-order chi connectivity index (χ1) is 21.6. The minimum absolute atomic E-state index is 0.209. The molecule has 0 saturated carbocycles. The summed E-state index contributed by atoms with van der Waals surface area (Å²) in [6, 6.07) is 0. The fourth-order valence-electron chi connectivity index (χ4n) is 4.93. The molecule has 13 heteroatoms. The Bertz CT molecular complexity index is 967. The first-order valence-electron chi connectivity index (χ1n) is 15.7. The second-order valence-corrected chi connectivity index (χ2v) is 11.2. The minimum atomic E-state index is -2.99. The standard InChI is InChI=1S/C32H52O13/c1-2-3-4-5-6-7-8-9-10-11-12-13-14-15-16-17-18-19-25(36)44-32(30(41)28(39)26(37)23(20-33)43-32)45-31(22-35)29(40)27(38)24(21-34)42-31/h6-7,9-10,12-13,15-16,23-24,26-30,33-35,37-41H,2-5,8,11,14,17-22H2,1H3/b7-6+,10-9+,13-12+,16-15+/t23-,24-,26-,27-,28+,29+,30-,31?,32+/m1/s1. The second-order valence-electron chi connectivity index (χ2n) is 11.2. The van der Waals surface area contributed by atoms with Gasteiger partial charge in [-0.25, -0.2) is 0 Å². The quantitative estimate of drug-likeness (QED) is 0.0395. The lowest BCUT2D eigenvalue weighted by atomic mass is 9.97. The summed E-state index contributed by atoms with van der Waals surface area (Å²) < 4.78 is 21.6. The lowest BCUT2D eigenvalue weighted by molar-refractivity contribution is -0.498. The predicted octanol–water partition coefficient (Wildman–Crippen LogP) is 0.621. The van der Waals surface area contributed by atoms with Gasteiger partial charge in [-0.15, -0.1) is 0 Å². The molecule has 2 aliphatic rings. The van der Waals surface area contributed by atoms with E-state index >= 15 is 0 Å². The molecule has 45 heavy (non-hydrogen) atoms. The maximum atomic E-state index is 12.8. The number of hydrogen-bond donors (Lipinski definition) is 8. The van der Waals surface area contributed by atoms with Gasteiger partial charge in [-0.1, -0.05) is 68.4 Å². The average Bonchev–Trinajstić information content (AvgIpc) is 3.28. The van der Waals surface area contributed by atoms with Crippen molar-refractivity contribution in [1.29, 1.82) is 0 Å². The van der Waals surface area contributed by atoms with Gasteiger partial charge in [-0.2, -0.15) is 0 Å². The Labute approximate surface area is 264 Å². The van der Waals surface area contributed by atoms with Gasteiger partial charge in [0.1, 0.15) is 43.2 Å². The molecule has 13 nitrogen and oxygen atoms in total. The molecule has 0 aromatic carbocycles. The van der Waals surface area contributed by atoms with Crippen LogP contribution in [0.25, 0.3) is 0 Å². The summed E-state index contributed by atoms with van der Waals surface area (Å²) in [6.45, 7) is -0.680. The first-order valence-corrected chi connectivity index (χ1v) is 15.7. The van der Waals surface area contributed by atoms with E-state index in [2.05, 4.69) is 37.3 Å².